The number of benzene rings is 1. The van der Waals surface area contributed by atoms with E-state index < -0.39 is 15.8 Å². The maximum Gasteiger partial charge on any atom is 0.243 e. The van der Waals surface area contributed by atoms with Crippen LogP contribution in [0.3, 0.4) is 0 Å². The number of halogens is 1. The highest BCUT2D eigenvalue weighted by atomic mass is 32.2. The Labute approximate surface area is 124 Å². The van der Waals surface area contributed by atoms with Crippen LogP contribution < -0.4 is 5.73 Å². The van der Waals surface area contributed by atoms with Gasteiger partial charge >= 0.3 is 0 Å². The van der Waals surface area contributed by atoms with Gasteiger partial charge in [-0.25, -0.2) is 12.8 Å². The Morgan fingerprint density at radius 2 is 2.10 bits per heavy atom. The van der Waals surface area contributed by atoms with E-state index in [-0.39, 0.29) is 23.2 Å². The van der Waals surface area contributed by atoms with Gasteiger partial charge in [0.2, 0.25) is 10.0 Å². The number of ether oxygens (including phenoxy) is 1. The summed E-state index contributed by atoms with van der Waals surface area (Å²) in [6.45, 7) is 2.42. The minimum absolute atomic E-state index is 0.0966. The number of sulfonamides is 1. The van der Waals surface area contributed by atoms with Gasteiger partial charge in [0.25, 0.3) is 0 Å². The van der Waals surface area contributed by atoms with Crippen molar-refractivity contribution in [3.63, 3.8) is 0 Å². The summed E-state index contributed by atoms with van der Waals surface area (Å²) < 4.78 is 45.4. The third-order valence-corrected chi connectivity index (χ3v) is 5.74. The zero-order valence-electron chi connectivity index (χ0n) is 12.3. The van der Waals surface area contributed by atoms with Crippen LogP contribution >= 0.6 is 0 Å². The minimum Gasteiger partial charge on any atom is -0.399 e. The molecule has 1 saturated carbocycles. The van der Waals surface area contributed by atoms with Crippen LogP contribution in [0.5, 0.6) is 0 Å². The fraction of sp³-hybridized carbons (Fsp3) is 0.571. The molecule has 1 atom stereocenters. The summed E-state index contributed by atoms with van der Waals surface area (Å²) in [4.78, 5) is -0.108. The molecule has 0 aliphatic heterocycles. The number of anilines is 1. The molecule has 1 aromatic carbocycles. The van der Waals surface area contributed by atoms with Crippen molar-refractivity contribution in [2.24, 2.45) is 5.92 Å². The summed E-state index contributed by atoms with van der Waals surface area (Å²) in [6.07, 6.45) is 2.04. The molecule has 1 aliphatic carbocycles. The Morgan fingerprint density at radius 3 is 2.62 bits per heavy atom. The van der Waals surface area contributed by atoms with E-state index in [1.54, 1.807) is 0 Å². The van der Waals surface area contributed by atoms with Crippen molar-refractivity contribution in [2.45, 2.75) is 30.7 Å². The van der Waals surface area contributed by atoms with Gasteiger partial charge in [-0.1, -0.05) is 0 Å². The topological polar surface area (TPSA) is 72.6 Å². The summed E-state index contributed by atoms with van der Waals surface area (Å²) in [7, 11) is -2.27. The molecule has 1 aliphatic rings. The molecule has 1 fully saturated rings. The predicted octanol–water partition coefficient (Wildman–Crippen LogP) is 1.84. The Hall–Kier alpha value is -1.18. The van der Waals surface area contributed by atoms with Gasteiger partial charge in [-0.2, -0.15) is 4.31 Å². The fourth-order valence-electron chi connectivity index (χ4n) is 2.41. The highest BCUT2D eigenvalue weighted by Gasteiger charge is 2.38. The standard InChI is InChI=1S/C14H21FN2O3S/c1-10(11-3-4-11)17(5-6-20-2)21(18,19)14-8-12(15)7-13(16)9-14/h7-11H,3-6,16H2,1-2H3. The van der Waals surface area contributed by atoms with Gasteiger partial charge in [0.15, 0.2) is 0 Å². The first-order chi connectivity index (χ1) is 9.86. The second-order valence-electron chi connectivity index (χ2n) is 5.41. The maximum absolute atomic E-state index is 13.5. The molecular formula is C14H21FN2O3S. The van der Waals surface area contributed by atoms with Crippen molar-refractivity contribution in [1.82, 2.24) is 4.31 Å². The molecule has 21 heavy (non-hydrogen) atoms. The van der Waals surface area contributed by atoms with E-state index in [4.69, 9.17) is 10.5 Å². The Bertz CT molecular complexity index is 582. The molecule has 2 N–H and O–H groups in total. The Morgan fingerprint density at radius 1 is 1.43 bits per heavy atom. The molecule has 0 bridgehead atoms. The zero-order chi connectivity index (χ0) is 15.6. The van der Waals surface area contributed by atoms with Crippen LogP contribution in [-0.2, 0) is 14.8 Å². The van der Waals surface area contributed by atoms with E-state index in [9.17, 15) is 12.8 Å². The van der Waals surface area contributed by atoms with Gasteiger partial charge in [0.1, 0.15) is 5.82 Å². The fourth-order valence-corrected chi connectivity index (χ4v) is 4.15. The number of hydrogen-bond donors (Lipinski definition) is 1. The quantitative estimate of drug-likeness (QED) is 0.779. The highest BCUT2D eigenvalue weighted by molar-refractivity contribution is 7.89. The van der Waals surface area contributed by atoms with Gasteiger partial charge in [0.05, 0.1) is 11.5 Å². The van der Waals surface area contributed by atoms with E-state index in [0.717, 1.165) is 25.0 Å². The van der Waals surface area contributed by atoms with E-state index in [2.05, 4.69) is 0 Å². The SMILES string of the molecule is COCCN(C(C)C1CC1)S(=O)(=O)c1cc(N)cc(F)c1. The van der Waals surface area contributed by atoms with Gasteiger partial charge in [-0.05, 0) is 43.9 Å². The molecule has 0 aromatic heterocycles. The normalized spacial score (nSPS) is 17.1. The summed E-state index contributed by atoms with van der Waals surface area (Å²) in [5, 5.41) is 0. The zero-order valence-corrected chi connectivity index (χ0v) is 13.1. The molecule has 7 heteroatoms. The van der Waals surface area contributed by atoms with Crippen LogP contribution in [0.1, 0.15) is 19.8 Å². The first-order valence-electron chi connectivity index (χ1n) is 6.93. The number of nitrogens with zero attached hydrogens (tertiary/aromatic N) is 1. The molecule has 0 amide bonds. The summed E-state index contributed by atoms with van der Waals surface area (Å²) in [5.41, 5.74) is 5.65. The van der Waals surface area contributed by atoms with Gasteiger partial charge in [-0.3, -0.25) is 0 Å². The average Bonchev–Trinajstić information content (AvgIpc) is 3.21. The maximum atomic E-state index is 13.5. The van der Waals surface area contributed by atoms with Crippen molar-refractivity contribution in [1.29, 1.82) is 0 Å². The molecule has 0 saturated heterocycles. The van der Waals surface area contributed by atoms with Gasteiger partial charge in [-0.15, -0.1) is 0 Å². The van der Waals surface area contributed by atoms with Gasteiger partial charge < -0.3 is 10.5 Å². The lowest BCUT2D eigenvalue weighted by atomic mass is 10.2. The first kappa shape index (κ1) is 16.2. The largest absolute Gasteiger partial charge is 0.399 e. The molecule has 1 unspecified atom stereocenters. The van der Waals surface area contributed by atoms with Gasteiger partial charge in [0, 0.05) is 25.4 Å². The van der Waals surface area contributed by atoms with Crippen molar-refractivity contribution in [3.8, 4) is 0 Å². The smallest absolute Gasteiger partial charge is 0.243 e. The number of hydrogen-bond acceptors (Lipinski definition) is 4. The second kappa shape index (κ2) is 6.29. The van der Waals surface area contributed by atoms with Crippen LogP contribution in [0.4, 0.5) is 10.1 Å². The number of nitrogens with two attached hydrogens (primary N) is 1. The minimum atomic E-state index is -3.79. The van der Waals surface area contributed by atoms with Crippen LogP contribution in [0.15, 0.2) is 23.1 Å². The molecule has 0 radical (unpaired) electrons. The third kappa shape index (κ3) is 3.72. The number of nitrogen functional groups attached to an aromatic ring is 1. The molecule has 2 rings (SSSR count). The number of rotatable bonds is 7. The molecule has 118 valence electrons. The first-order valence-corrected chi connectivity index (χ1v) is 8.37. The third-order valence-electron chi connectivity index (χ3n) is 3.77. The van der Waals surface area contributed by atoms with Crippen LogP contribution in [0.25, 0.3) is 0 Å². The lowest BCUT2D eigenvalue weighted by molar-refractivity contribution is 0.164. The van der Waals surface area contributed by atoms with Crippen LogP contribution in [0, 0.1) is 11.7 Å². The number of methoxy groups -OCH3 is 1. The second-order valence-corrected chi connectivity index (χ2v) is 7.30. The molecular weight excluding hydrogens is 295 g/mol. The van der Waals surface area contributed by atoms with Crippen LogP contribution in [0.2, 0.25) is 0 Å². The molecule has 1 aromatic rings. The van der Waals surface area contributed by atoms with Crippen molar-refractivity contribution < 1.29 is 17.5 Å². The molecule has 0 heterocycles. The summed E-state index contributed by atoms with van der Waals surface area (Å²) in [6, 6.07) is 3.26. The highest BCUT2D eigenvalue weighted by Crippen LogP contribution is 2.37. The monoisotopic (exact) mass is 316 g/mol. The van der Waals surface area contributed by atoms with E-state index in [1.165, 1.54) is 17.5 Å². The molecule has 0 spiro atoms. The van der Waals surface area contributed by atoms with Crippen molar-refractivity contribution in [3.05, 3.63) is 24.0 Å². The lowest BCUT2D eigenvalue weighted by Gasteiger charge is -2.28. The Balaban J connectivity index is 2.35. The summed E-state index contributed by atoms with van der Waals surface area (Å²) >= 11 is 0. The lowest BCUT2D eigenvalue weighted by Crippen LogP contribution is -2.41. The van der Waals surface area contributed by atoms with Crippen molar-refractivity contribution >= 4 is 15.7 Å². The van der Waals surface area contributed by atoms with Crippen molar-refractivity contribution in [2.75, 3.05) is 26.0 Å². The average molecular weight is 316 g/mol. The van der Waals surface area contributed by atoms with E-state index in [0.29, 0.717) is 12.5 Å². The molecule has 5 nitrogen and oxygen atoms in total. The summed E-state index contributed by atoms with van der Waals surface area (Å²) in [5.74, 6) is -0.290. The Kier molecular flexibility index (Phi) is 4.85. The predicted molar refractivity (Wildman–Crippen MR) is 78.8 cm³/mol. The van der Waals surface area contributed by atoms with E-state index >= 15 is 0 Å². The van der Waals surface area contributed by atoms with Crippen LogP contribution in [-0.4, -0.2) is 39.0 Å². The van der Waals surface area contributed by atoms with E-state index in [1.807, 2.05) is 6.92 Å².